The van der Waals surface area contributed by atoms with Gasteiger partial charge >= 0.3 is 0 Å². The molecule has 0 amide bonds. The molecule has 0 aliphatic heterocycles. The molecule has 0 spiro atoms. The zero-order chi connectivity index (χ0) is 55.2. The van der Waals surface area contributed by atoms with Gasteiger partial charge in [0.05, 0.1) is 29.6 Å². The third-order valence-corrected chi connectivity index (χ3v) is 24.7. The van der Waals surface area contributed by atoms with Crippen LogP contribution < -0.4 is 0 Å². The van der Waals surface area contributed by atoms with Crippen LogP contribution in [-0.4, -0.2) is 0 Å². The average Bonchev–Trinajstić information content (AvgIpc) is 3.05. The molecule has 12 rings (SSSR count). The molecule has 0 N–H and O–H groups in total. The lowest BCUT2D eigenvalue weighted by atomic mass is 9.65. The van der Waals surface area contributed by atoms with E-state index in [1.165, 1.54) is 257 Å². The molecule has 0 saturated heterocycles. The van der Waals surface area contributed by atoms with Gasteiger partial charge in [0.25, 0.3) is 0 Å². The fourth-order valence-corrected chi connectivity index (χ4v) is 21.0. The SMILES string of the molecule is CCCCCCCCc1ccc(C2(c3ccc(CCCCCC)cc3)c3cc4c(cc3-c3sc5ccsc5c32)C(c2ccc(CCCCCCCC)cc2)(c2ccc(CCCCCCCC)cc2)c2c-4sc3c2sc2ccsc23)cc1. The highest BCUT2D eigenvalue weighted by Gasteiger charge is 2.54. The molecule has 5 aromatic carbocycles. The molecule has 1 atom stereocenters. The van der Waals surface area contributed by atoms with E-state index in [0.717, 1.165) is 25.7 Å². The zero-order valence-electron chi connectivity index (χ0n) is 49.1. The Kier molecular flexibility index (Phi) is 18.3. The topological polar surface area (TPSA) is 0 Å². The first-order valence-corrected chi connectivity index (χ1v) is 36.2. The summed E-state index contributed by atoms with van der Waals surface area (Å²) in [6.07, 6.45) is 33.5. The average molecular weight is 1160 g/mol. The van der Waals surface area contributed by atoms with E-state index in [0.29, 0.717) is 0 Å². The van der Waals surface area contributed by atoms with Crippen molar-refractivity contribution in [1.82, 2.24) is 0 Å². The Labute approximate surface area is 506 Å². The molecule has 2 aliphatic carbocycles. The lowest BCUT2D eigenvalue weighted by Gasteiger charge is -2.36. The van der Waals surface area contributed by atoms with E-state index >= 15 is 0 Å². The highest BCUT2D eigenvalue weighted by Crippen LogP contribution is 2.68. The predicted octanol–water partition coefficient (Wildman–Crippen LogP) is 25.0. The number of fused-ring (bicyclic) bond motifs is 12. The minimum Gasteiger partial charge on any atom is -0.143 e. The van der Waals surface area contributed by atoms with Crippen LogP contribution in [0.1, 0.15) is 236 Å². The second-order valence-electron chi connectivity index (χ2n) is 24.2. The molecule has 5 heteroatoms. The zero-order valence-corrected chi connectivity index (χ0v) is 53.2. The number of hydrogen-bond acceptors (Lipinski definition) is 5. The third kappa shape index (κ3) is 10.9. The largest absolute Gasteiger partial charge is 0.143 e. The first kappa shape index (κ1) is 56.8. The summed E-state index contributed by atoms with van der Waals surface area (Å²) in [6.45, 7) is 9.28. The monoisotopic (exact) mass is 1160 g/mol. The lowest BCUT2D eigenvalue weighted by molar-refractivity contribution is 0.607. The molecular formula is C76H86S5. The van der Waals surface area contributed by atoms with Gasteiger partial charge in [-0.2, -0.15) is 0 Å². The first-order valence-electron chi connectivity index (χ1n) is 32.0. The maximum atomic E-state index is 2.77. The summed E-state index contributed by atoms with van der Waals surface area (Å²) in [5, 5.41) is 4.67. The number of rotatable bonds is 30. The van der Waals surface area contributed by atoms with E-state index in [2.05, 4.69) is 171 Å². The Bertz CT molecular complexity index is 3580. The molecule has 2 aliphatic rings. The van der Waals surface area contributed by atoms with Crippen molar-refractivity contribution < 1.29 is 0 Å². The second-order valence-corrected chi connectivity index (χ2v) is 29.2. The molecule has 5 aromatic heterocycles. The van der Waals surface area contributed by atoms with E-state index in [1.54, 1.807) is 0 Å². The molecule has 10 aromatic rings. The van der Waals surface area contributed by atoms with Gasteiger partial charge in [0, 0.05) is 30.3 Å². The van der Waals surface area contributed by atoms with E-state index in [-0.39, 0.29) is 0 Å². The molecule has 0 bridgehead atoms. The van der Waals surface area contributed by atoms with Crippen LogP contribution in [0.3, 0.4) is 0 Å². The summed E-state index contributed by atoms with van der Waals surface area (Å²) < 4.78 is 8.72. The molecule has 0 fully saturated rings. The van der Waals surface area contributed by atoms with Gasteiger partial charge < -0.3 is 0 Å². The van der Waals surface area contributed by atoms with Crippen molar-refractivity contribution in [3.8, 4) is 20.9 Å². The summed E-state index contributed by atoms with van der Waals surface area (Å²) in [4.78, 5) is 2.93. The normalized spacial score (nSPS) is 15.1. The number of thiophene rings is 5. The Morgan fingerprint density at radius 1 is 0.296 bits per heavy atom. The summed E-state index contributed by atoms with van der Waals surface area (Å²) >= 11 is 10.1. The van der Waals surface area contributed by atoms with E-state index in [9.17, 15) is 0 Å². The van der Waals surface area contributed by atoms with Crippen LogP contribution in [0.25, 0.3) is 49.1 Å². The van der Waals surface area contributed by atoms with E-state index < -0.39 is 10.8 Å². The summed E-state index contributed by atoms with van der Waals surface area (Å²) in [5.41, 5.74) is 19.3. The number of hydrogen-bond donors (Lipinski definition) is 0. The minimum absolute atomic E-state index is 0.486. The summed E-state index contributed by atoms with van der Waals surface area (Å²) in [7, 11) is 0. The van der Waals surface area contributed by atoms with Crippen molar-refractivity contribution in [2.75, 3.05) is 0 Å². The summed E-state index contributed by atoms with van der Waals surface area (Å²) in [5.74, 6) is 0. The fraction of sp³-hybridized carbons (Fsp3) is 0.421. The maximum Gasteiger partial charge on any atom is 0.0736 e. The van der Waals surface area contributed by atoms with Crippen LogP contribution in [0.2, 0.25) is 0 Å². The van der Waals surface area contributed by atoms with Crippen molar-refractivity contribution in [1.29, 1.82) is 0 Å². The van der Waals surface area contributed by atoms with Gasteiger partial charge in [-0.15, -0.1) is 56.7 Å². The first-order chi connectivity index (χ1) is 40.0. The second kappa shape index (κ2) is 26.1. The van der Waals surface area contributed by atoms with Crippen molar-refractivity contribution in [3.05, 3.63) is 199 Å². The van der Waals surface area contributed by atoms with Gasteiger partial charge in [0.1, 0.15) is 0 Å². The van der Waals surface area contributed by atoms with Crippen LogP contribution in [0, 0.1) is 0 Å². The van der Waals surface area contributed by atoms with Crippen molar-refractivity contribution in [2.24, 2.45) is 0 Å². The van der Waals surface area contributed by atoms with Crippen molar-refractivity contribution >= 4 is 84.9 Å². The van der Waals surface area contributed by atoms with Crippen LogP contribution in [0.4, 0.5) is 0 Å². The van der Waals surface area contributed by atoms with Crippen LogP contribution in [0.15, 0.2) is 132 Å². The lowest BCUT2D eigenvalue weighted by Crippen LogP contribution is -2.30. The fourth-order valence-electron chi connectivity index (χ4n) is 14.4. The smallest absolute Gasteiger partial charge is 0.0736 e. The third-order valence-electron chi connectivity index (χ3n) is 18.7. The standard InChI is InChI=1S/C76H86S5/c1-5-9-13-17-20-24-28-54-33-41-58(42-34-54)75(57-39-31-53(32-40-57)27-23-16-12-8-4)63-52-62-64(51-61(63)69-67(75)71-65(79-69)47-49-77-71)76(59-43-35-55(36-44-59)29-25-21-18-14-10-6-2,60-45-37-56(38-46-60)30-26-22-19-15-11-7-3)68-70(62)81-74-72-66(48-50-78-72)80-73(68)74/h31-52H,5-30H2,1-4H3. The van der Waals surface area contributed by atoms with Gasteiger partial charge in [-0.25, -0.2) is 0 Å². The van der Waals surface area contributed by atoms with Gasteiger partial charge in [-0.05, 0) is 153 Å². The van der Waals surface area contributed by atoms with Gasteiger partial charge in [0.2, 0.25) is 0 Å². The Balaban J connectivity index is 1.06. The Hall–Kier alpha value is -4.62. The molecule has 5 heterocycles. The molecular weight excluding hydrogens is 1070 g/mol. The molecule has 1 unspecified atom stereocenters. The van der Waals surface area contributed by atoms with E-state index in [4.69, 9.17) is 0 Å². The van der Waals surface area contributed by atoms with Crippen LogP contribution >= 0.6 is 56.7 Å². The number of benzene rings is 5. The molecule has 420 valence electrons. The predicted molar refractivity (Wildman–Crippen MR) is 362 cm³/mol. The highest BCUT2D eigenvalue weighted by atomic mass is 32.1. The van der Waals surface area contributed by atoms with Gasteiger partial charge in [-0.3, -0.25) is 0 Å². The van der Waals surface area contributed by atoms with E-state index in [1.807, 2.05) is 45.3 Å². The number of aryl methyl sites for hydroxylation is 4. The molecule has 81 heavy (non-hydrogen) atoms. The van der Waals surface area contributed by atoms with Gasteiger partial charge in [-0.1, -0.05) is 240 Å². The maximum absolute atomic E-state index is 2.77. The Morgan fingerprint density at radius 2 is 0.617 bits per heavy atom. The van der Waals surface area contributed by atoms with Crippen LogP contribution in [-0.2, 0) is 36.5 Å². The Morgan fingerprint density at radius 3 is 1.01 bits per heavy atom. The van der Waals surface area contributed by atoms with Crippen molar-refractivity contribution in [2.45, 2.75) is 205 Å². The molecule has 0 nitrogen and oxygen atoms in total. The van der Waals surface area contributed by atoms with Crippen LogP contribution in [0.5, 0.6) is 0 Å². The summed E-state index contributed by atoms with van der Waals surface area (Å²) in [6, 6.07) is 50.8. The van der Waals surface area contributed by atoms with Crippen molar-refractivity contribution in [3.63, 3.8) is 0 Å². The van der Waals surface area contributed by atoms with Gasteiger partial charge in [0.15, 0.2) is 0 Å². The highest BCUT2D eigenvalue weighted by molar-refractivity contribution is 7.39. The quantitative estimate of drug-likeness (QED) is 0.0394. The minimum atomic E-state index is -0.500. The number of unbranched alkanes of at least 4 members (excludes halogenated alkanes) is 18. The molecule has 0 saturated carbocycles. The molecule has 0 radical (unpaired) electrons.